The first kappa shape index (κ1) is 17.8. The van der Waals surface area contributed by atoms with E-state index in [4.69, 9.17) is 0 Å². The molecule has 21 heavy (non-hydrogen) atoms. The zero-order valence-corrected chi connectivity index (χ0v) is 13.6. The molecule has 0 N–H and O–H groups in total. The molecule has 0 aromatic heterocycles. The standard InChI is InChI=1S/C18H26F2O/c1-5-7-8-9-10-14-15(11-13(19)12-16(14)20)17(21)18(3,4)6-2/h11-12H,5-10H2,1-4H3. The number of benzene rings is 1. The third kappa shape index (κ3) is 4.62. The first-order valence-corrected chi connectivity index (χ1v) is 7.86. The van der Waals surface area contributed by atoms with E-state index < -0.39 is 17.0 Å². The second-order valence-electron chi connectivity index (χ2n) is 6.29. The Balaban J connectivity index is 3.09. The van der Waals surface area contributed by atoms with E-state index in [1.54, 1.807) is 0 Å². The van der Waals surface area contributed by atoms with Crippen molar-refractivity contribution in [1.82, 2.24) is 0 Å². The molecule has 0 spiro atoms. The summed E-state index contributed by atoms with van der Waals surface area (Å²) in [6.45, 7) is 7.66. The zero-order valence-electron chi connectivity index (χ0n) is 13.6. The van der Waals surface area contributed by atoms with Crippen molar-refractivity contribution in [3.8, 4) is 0 Å². The lowest BCUT2D eigenvalue weighted by Crippen LogP contribution is -2.25. The van der Waals surface area contributed by atoms with E-state index in [0.717, 1.165) is 31.7 Å². The normalized spacial score (nSPS) is 11.7. The predicted molar refractivity (Wildman–Crippen MR) is 82.6 cm³/mol. The Morgan fingerprint density at radius 1 is 1.10 bits per heavy atom. The number of hydrogen-bond donors (Lipinski definition) is 0. The molecule has 0 aliphatic heterocycles. The summed E-state index contributed by atoms with van der Waals surface area (Å²) in [7, 11) is 0. The Labute approximate surface area is 126 Å². The van der Waals surface area contributed by atoms with Crippen LogP contribution in [0.5, 0.6) is 0 Å². The van der Waals surface area contributed by atoms with E-state index in [1.807, 2.05) is 20.8 Å². The van der Waals surface area contributed by atoms with Crippen molar-refractivity contribution >= 4 is 5.78 Å². The van der Waals surface area contributed by atoms with Gasteiger partial charge in [-0.05, 0) is 30.9 Å². The quantitative estimate of drug-likeness (QED) is 0.444. The van der Waals surface area contributed by atoms with Gasteiger partial charge in [-0.3, -0.25) is 4.79 Å². The van der Waals surface area contributed by atoms with Crippen LogP contribution in [0, 0.1) is 17.0 Å². The van der Waals surface area contributed by atoms with Crippen molar-refractivity contribution in [2.75, 3.05) is 0 Å². The second kappa shape index (κ2) is 7.67. The molecule has 1 rings (SSSR count). The lowest BCUT2D eigenvalue weighted by atomic mass is 9.80. The highest BCUT2D eigenvalue weighted by molar-refractivity contribution is 6.01. The van der Waals surface area contributed by atoms with Gasteiger partial charge in [0.1, 0.15) is 11.6 Å². The minimum atomic E-state index is -0.680. The summed E-state index contributed by atoms with van der Waals surface area (Å²) in [5.41, 5.74) is -0.00633. The summed E-state index contributed by atoms with van der Waals surface area (Å²) in [6, 6.07) is 2.07. The van der Waals surface area contributed by atoms with Crippen molar-refractivity contribution in [2.24, 2.45) is 5.41 Å². The molecule has 0 amide bonds. The number of halogens is 2. The molecule has 0 saturated carbocycles. The molecule has 0 atom stereocenters. The molecule has 0 bridgehead atoms. The fourth-order valence-electron chi connectivity index (χ4n) is 2.31. The largest absolute Gasteiger partial charge is 0.294 e. The maximum Gasteiger partial charge on any atom is 0.168 e. The van der Waals surface area contributed by atoms with Gasteiger partial charge in [0.15, 0.2) is 5.78 Å². The lowest BCUT2D eigenvalue weighted by Gasteiger charge is -2.23. The van der Waals surface area contributed by atoms with Gasteiger partial charge in [-0.1, -0.05) is 47.0 Å². The van der Waals surface area contributed by atoms with Gasteiger partial charge in [-0.15, -0.1) is 0 Å². The SMILES string of the molecule is CCCCCCc1c(F)cc(F)cc1C(=O)C(C)(C)CC. The third-order valence-electron chi connectivity index (χ3n) is 4.18. The van der Waals surface area contributed by atoms with Crippen molar-refractivity contribution in [1.29, 1.82) is 0 Å². The van der Waals surface area contributed by atoms with E-state index >= 15 is 0 Å². The van der Waals surface area contributed by atoms with Gasteiger partial charge < -0.3 is 0 Å². The lowest BCUT2D eigenvalue weighted by molar-refractivity contribution is 0.0830. The first-order valence-electron chi connectivity index (χ1n) is 7.86. The minimum absolute atomic E-state index is 0.172. The Hall–Kier alpha value is -1.25. The Morgan fingerprint density at radius 2 is 1.76 bits per heavy atom. The van der Waals surface area contributed by atoms with Gasteiger partial charge in [0.2, 0.25) is 0 Å². The summed E-state index contributed by atoms with van der Waals surface area (Å²) in [6.07, 6.45) is 5.14. The van der Waals surface area contributed by atoms with E-state index in [9.17, 15) is 13.6 Å². The van der Waals surface area contributed by atoms with Crippen LogP contribution in [0.1, 0.15) is 75.7 Å². The maximum atomic E-state index is 14.1. The first-order chi connectivity index (χ1) is 9.83. The van der Waals surface area contributed by atoms with Gasteiger partial charge >= 0.3 is 0 Å². The van der Waals surface area contributed by atoms with Crippen molar-refractivity contribution < 1.29 is 13.6 Å². The van der Waals surface area contributed by atoms with Crippen LogP contribution in [-0.2, 0) is 6.42 Å². The average molecular weight is 296 g/mol. The van der Waals surface area contributed by atoms with Crippen LogP contribution in [-0.4, -0.2) is 5.78 Å². The van der Waals surface area contributed by atoms with Crippen molar-refractivity contribution in [3.05, 3.63) is 34.9 Å². The molecule has 0 heterocycles. The molecule has 0 unspecified atom stereocenters. The summed E-state index contributed by atoms with van der Waals surface area (Å²) in [4.78, 5) is 12.6. The highest BCUT2D eigenvalue weighted by atomic mass is 19.1. The van der Waals surface area contributed by atoms with E-state index in [-0.39, 0.29) is 11.3 Å². The van der Waals surface area contributed by atoms with Crippen LogP contribution >= 0.6 is 0 Å². The third-order valence-corrected chi connectivity index (χ3v) is 4.18. The molecule has 0 saturated heterocycles. The molecule has 0 fully saturated rings. The number of hydrogen-bond acceptors (Lipinski definition) is 1. The summed E-state index contributed by atoms with van der Waals surface area (Å²) in [5, 5.41) is 0. The second-order valence-corrected chi connectivity index (χ2v) is 6.29. The number of Topliss-reactive ketones (excluding diaryl/α,β-unsaturated/α-hetero) is 1. The molecule has 118 valence electrons. The number of carbonyl (C=O) groups is 1. The number of unbranched alkanes of at least 4 members (excludes halogenated alkanes) is 3. The molecule has 0 radical (unpaired) electrons. The van der Waals surface area contributed by atoms with Crippen LogP contribution in [0.3, 0.4) is 0 Å². The van der Waals surface area contributed by atoms with Crippen LogP contribution in [0.4, 0.5) is 8.78 Å². The van der Waals surface area contributed by atoms with Crippen LogP contribution in [0.15, 0.2) is 12.1 Å². The molecular formula is C18H26F2O. The predicted octanol–water partition coefficient (Wildman–Crippen LogP) is 5.71. The highest BCUT2D eigenvalue weighted by Crippen LogP contribution is 2.29. The van der Waals surface area contributed by atoms with E-state index in [2.05, 4.69) is 6.92 Å². The van der Waals surface area contributed by atoms with Crippen molar-refractivity contribution in [2.45, 2.75) is 66.2 Å². The fraction of sp³-hybridized carbons (Fsp3) is 0.611. The molecule has 1 nitrogen and oxygen atoms in total. The topological polar surface area (TPSA) is 17.1 Å². The molecule has 3 heteroatoms. The Morgan fingerprint density at radius 3 is 2.33 bits per heavy atom. The van der Waals surface area contributed by atoms with Crippen LogP contribution in [0.25, 0.3) is 0 Å². The molecule has 1 aromatic carbocycles. The fourth-order valence-corrected chi connectivity index (χ4v) is 2.31. The smallest absolute Gasteiger partial charge is 0.168 e. The summed E-state index contributed by atoms with van der Waals surface area (Å²) < 4.78 is 27.6. The Kier molecular flexibility index (Phi) is 6.50. The van der Waals surface area contributed by atoms with Gasteiger partial charge in [0.05, 0.1) is 0 Å². The monoisotopic (exact) mass is 296 g/mol. The number of ketones is 1. The average Bonchev–Trinajstić information content (AvgIpc) is 2.44. The summed E-state index contributed by atoms with van der Waals surface area (Å²) in [5.74, 6) is -1.45. The van der Waals surface area contributed by atoms with Gasteiger partial charge in [-0.2, -0.15) is 0 Å². The van der Waals surface area contributed by atoms with Crippen LogP contribution < -0.4 is 0 Å². The Bertz CT molecular complexity index is 492. The number of rotatable bonds is 8. The number of carbonyl (C=O) groups excluding carboxylic acids is 1. The molecule has 1 aromatic rings. The highest BCUT2D eigenvalue weighted by Gasteiger charge is 2.29. The van der Waals surface area contributed by atoms with Crippen molar-refractivity contribution in [3.63, 3.8) is 0 Å². The minimum Gasteiger partial charge on any atom is -0.294 e. The summed E-state index contributed by atoms with van der Waals surface area (Å²) >= 11 is 0. The maximum absolute atomic E-state index is 14.1. The van der Waals surface area contributed by atoms with Gasteiger partial charge in [0.25, 0.3) is 0 Å². The van der Waals surface area contributed by atoms with Gasteiger partial charge in [-0.25, -0.2) is 8.78 Å². The molecular weight excluding hydrogens is 270 g/mol. The van der Waals surface area contributed by atoms with Gasteiger partial charge in [0, 0.05) is 17.0 Å². The van der Waals surface area contributed by atoms with E-state index in [0.29, 0.717) is 18.4 Å². The van der Waals surface area contributed by atoms with Crippen LogP contribution in [0.2, 0.25) is 0 Å². The molecule has 0 aliphatic rings. The van der Waals surface area contributed by atoms with E-state index in [1.165, 1.54) is 6.07 Å². The zero-order chi connectivity index (χ0) is 16.0. The molecule has 0 aliphatic carbocycles.